The predicted octanol–water partition coefficient (Wildman–Crippen LogP) is 2.28. The summed E-state index contributed by atoms with van der Waals surface area (Å²) in [6, 6.07) is 0. The summed E-state index contributed by atoms with van der Waals surface area (Å²) in [4.78, 5) is 12.0. The average Bonchev–Trinajstić information content (AvgIpc) is 2.65. The van der Waals surface area contributed by atoms with Crippen molar-refractivity contribution >= 4 is 22.8 Å². The van der Waals surface area contributed by atoms with Crippen molar-refractivity contribution in [1.82, 2.24) is 10.2 Å². The summed E-state index contributed by atoms with van der Waals surface area (Å²) < 4.78 is 5.24. The Morgan fingerprint density at radius 1 is 1.56 bits per heavy atom. The summed E-state index contributed by atoms with van der Waals surface area (Å²) in [5.74, 6) is 0.472. The van der Waals surface area contributed by atoms with Gasteiger partial charge < -0.3 is 10.2 Å². The van der Waals surface area contributed by atoms with E-state index in [-0.39, 0.29) is 11.7 Å². The number of nitrogens with two attached hydrogens (primary N) is 1. The quantitative estimate of drug-likeness (QED) is 0.778. The number of furan rings is 1. The smallest absolute Gasteiger partial charge is 0.248 e. The summed E-state index contributed by atoms with van der Waals surface area (Å²) in [5.41, 5.74) is 7.38. The number of aromatic nitrogens is 2. The molecule has 0 amide bonds. The summed E-state index contributed by atoms with van der Waals surface area (Å²) in [6.07, 6.45) is 0.462. The highest BCUT2D eigenvalue weighted by Crippen LogP contribution is 2.30. The van der Waals surface area contributed by atoms with Gasteiger partial charge in [-0.1, -0.05) is 13.8 Å². The third-order valence-corrected chi connectivity index (χ3v) is 2.49. The van der Waals surface area contributed by atoms with Gasteiger partial charge in [0.25, 0.3) is 0 Å². The maximum atomic E-state index is 12.0. The fourth-order valence-corrected chi connectivity index (χ4v) is 1.80. The number of aryl methyl sites for hydroxylation is 1. The van der Waals surface area contributed by atoms with Gasteiger partial charge in [-0.05, 0) is 12.8 Å². The van der Waals surface area contributed by atoms with Gasteiger partial charge in [0.1, 0.15) is 0 Å². The van der Waals surface area contributed by atoms with Gasteiger partial charge in [-0.3, -0.25) is 9.89 Å². The molecule has 2 heterocycles. The highest BCUT2D eigenvalue weighted by molar-refractivity contribution is 6.11. The van der Waals surface area contributed by atoms with Gasteiger partial charge in [0.05, 0.1) is 10.9 Å². The van der Waals surface area contributed by atoms with Crippen LogP contribution < -0.4 is 5.73 Å². The van der Waals surface area contributed by atoms with E-state index < -0.39 is 0 Å². The molecule has 2 aromatic heterocycles. The lowest BCUT2D eigenvalue weighted by Crippen LogP contribution is -2.05. The number of aromatic amines is 1. The van der Waals surface area contributed by atoms with Crippen LogP contribution in [0.4, 0.5) is 5.88 Å². The van der Waals surface area contributed by atoms with Gasteiger partial charge in [-0.25, -0.2) is 0 Å². The van der Waals surface area contributed by atoms with Crippen LogP contribution in [0.3, 0.4) is 0 Å². The van der Waals surface area contributed by atoms with Crippen molar-refractivity contribution in [2.75, 3.05) is 5.73 Å². The molecule has 0 atom stereocenters. The average molecular weight is 221 g/mol. The molecule has 0 aliphatic rings. The topological polar surface area (TPSA) is 84.9 Å². The van der Waals surface area contributed by atoms with E-state index in [2.05, 4.69) is 10.2 Å². The zero-order valence-corrected chi connectivity index (χ0v) is 9.63. The number of rotatable bonds is 3. The van der Waals surface area contributed by atoms with Crippen LogP contribution in [0.5, 0.6) is 0 Å². The predicted molar refractivity (Wildman–Crippen MR) is 61.3 cm³/mol. The van der Waals surface area contributed by atoms with E-state index in [1.54, 1.807) is 0 Å². The highest BCUT2D eigenvalue weighted by Gasteiger charge is 2.22. The van der Waals surface area contributed by atoms with Crippen LogP contribution in [0, 0.1) is 12.8 Å². The van der Waals surface area contributed by atoms with E-state index in [0.29, 0.717) is 29.0 Å². The van der Waals surface area contributed by atoms with Gasteiger partial charge in [0.15, 0.2) is 5.78 Å². The molecule has 0 spiro atoms. The molecular weight excluding hydrogens is 206 g/mol. The summed E-state index contributed by atoms with van der Waals surface area (Å²) in [6.45, 7) is 5.83. The molecule has 0 bridgehead atoms. The minimum atomic E-state index is 0.00995. The molecule has 0 aliphatic heterocycles. The first-order valence-corrected chi connectivity index (χ1v) is 5.26. The molecule has 5 nitrogen and oxygen atoms in total. The first kappa shape index (κ1) is 10.7. The minimum Gasteiger partial charge on any atom is -0.420 e. The summed E-state index contributed by atoms with van der Waals surface area (Å²) in [7, 11) is 0. The van der Waals surface area contributed by atoms with Gasteiger partial charge >= 0.3 is 0 Å². The Hall–Kier alpha value is -1.78. The van der Waals surface area contributed by atoms with Crippen molar-refractivity contribution in [3.8, 4) is 0 Å². The molecule has 0 aromatic carbocycles. The van der Waals surface area contributed by atoms with Crippen LogP contribution in [0.25, 0.3) is 11.1 Å². The van der Waals surface area contributed by atoms with Crippen molar-refractivity contribution in [2.45, 2.75) is 27.2 Å². The normalized spacial score (nSPS) is 11.5. The molecule has 0 saturated carbocycles. The standard InChI is InChI=1S/C11H15N3O2/c1-5(2)4-7(15)9-8-6(3)13-14-11(8)16-10(9)12/h5H,4,12H2,1-3H3,(H,13,14). The van der Waals surface area contributed by atoms with E-state index in [1.165, 1.54) is 0 Å². The molecule has 3 N–H and O–H groups in total. The molecule has 86 valence electrons. The number of carbonyl (C=O) groups excluding carboxylic acids is 1. The van der Waals surface area contributed by atoms with Crippen LogP contribution in [0.2, 0.25) is 0 Å². The van der Waals surface area contributed by atoms with Crippen LogP contribution in [0.15, 0.2) is 4.42 Å². The van der Waals surface area contributed by atoms with Crippen molar-refractivity contribution < 1.29 is 9.21 Å². The molecule has 5 heteroatoms. The third-order valence-electron chi connectivity index (χ3n) is 2.49. The lowest BCUT2D eigenvalue weighted by atomic mass is 10.0. The lowest BCUT2D eigenvalue weighted by molar-refractivity contribution is 0.0969. The highest BCUT2D eigenvalue weighted by atomic mass is 16.4. The number of carbonyl (C=O) groups is 1. The first-order chi connectivity index (χ1) is 7.50. The number of nitrogens with one attached hydrogen (secondary N) is 1. The van der Waals surface area contributed by atoms with Gasteiger partial charge in [-0.2, -0.15) is 0 Å². The molecule has 0 radical (unpaired) electrons. The number of hydrogen-bond acceptors (Lipinski definition) is 4. The van der Waals surface area contributed by atoms with E-state index >= 15 is 0 Å². The fourth-order valence-electron chi connectivity index (χ4n) is 1.80. The zero-order chi connectivity index (χ0) is 11.9. The summed E-state index contributed by atoms with van der Waals surface area (Å²) >= 11 is 0. The van der Waals surface area contributed by atoms with Crippen LogP contribution >= 0.6 is 0 Å². The second kappa shape index (κ2) is 3.66. The molecule has 0 unspecified atom stereocenters. The van der Waals surface area contributed by atoms with Gasteiger partial charge in [0, 0.05) is 12.1 Å². The van der Waals surface area contributed by atoms with Crippen molar-refractivity contribution in [3.63, 3.8) is 0 Å². The summed E-state index contributed by atoms with van der Waals surface area (Å²) in [5, 5.41) is 7.43. The van der Waals surface area contributed by atoms with Crippen LogP contribution in [-0.2, 0) is 0 Å². The van der Waals surface area contributed by atoms with E-state index in [9.17, 15) is 4.79 Å². The lowest BCUT2D eigenvalue weighted by Gasteiger charge is -2.02. The second-order valence-electron chi connectivity index (χ2n) is 4.39. The first-order valence-electron chi connectivity index (χ1n) is 5.26. The van der Waals surface area contributed by atoms with E-state index in [1.807, 2.05) is 20.8 Å². The number of H-pyrrole nitrogens is 1. The fraction of sp³-hybridized carbons (Fsp3) is 0.455. The largest absolute Gasteiger partial charge is 0.420 e. The number of ketones is 1. The number of Topliss-reactive ketones (excluding diaryl/α,β-unsaturated/α-hetero) is 1. The Morgan fingerprint density at radius 3 is 2.88 bits per heavy atom. The van der Waals surface area contributed by atoms with Crippen molar-refractivity contribution in [2.24, 2.45) is 5.92 Å². The molecule has 16 heavy (non-hydrogen) atoms. The Kier molecular flexibility index (Phi) is 2.46. The second-order valence-corrected chi connectivity index (χ2v) is 4.39. The van der Waals surface area contributed by atoms with E-state index in [4.69, 9.17) is 10.2 Å². The van der Waals surface area contributed by atoms with Crippen molar-refractivity contribution in [3.05, 3.63) is 11.3 Å². The number of hydrogen-bond donors (Lipinski definition) is 2. The molecule has 0 saturated heterocycles. The molecule has 0 fully saturated rings. The number of nitrogen functional groups attached to an aromatic ring is 1. The van der Waals surface area contributed by atoms with Crippen molar-refractivity contribution in [1.29, 1.82) is 0 Å². The SMILES string of the molecule is Cc1[nH]nc2oc(N)c(C(=O)CC(C)C)c12. The number of anilines is 1. The maximum Gasteiger partial charge on any atom is 0.248 e. The Labute approximate surface area is 93.0 Å². The third kappa shape index (κ3) is 1.58. The molecular formula is C11H15N3O2. The van der Waals surface area contributed by atoms with Crippen LogP contribution in [0.1, 0.15) is 36.3 Å². The monoisotopic (exact) mass is 221 g/mol. The minimum absolute atomic E-state index is 0.00995. The maximum absolute atomic E-state index is 12.0. The number of fused-ring (bicyclic) bond motifs is 1. The Morgan fingerprint density at radius 2 is 2.25 bits per heavy atom. The van der Waals surface area contributed by atoms with Crippen LogP contribution in [-0.4, -0.2) is 16.0 Å². The zero-order valence-electron chi connectivity index (χ0n) is 9.63. The Balaban J connectivity index is 2.53. The molecule has 0 aliphatic carbocycles. The van der Waals surface area contributed by atoms with Gasteiger partial charge in [-0.15, -0.1) is 5.10 Å². The van der Waals surface area contributed by atoms with Gasteiger partial charge in [0.2, 0.25) is 11.6 Å². The Bertz CT molecular complexity index is 537. The molecule has 2 aromatic rings. The molecule has 2 rings (SSSR count). The number of nitrogens with zero attached hydrogens (tertiary/aromatic N) is 1. The van der Waals surface area contributed by atoms with E-state index in [0.717, 1.165) is 5.69 Å².